The first kappa shape index (κ1) is 11.1. The van der Waals surface area contributed by atoms with E-state index < -0.39 is 5.60 Å². The molecule has 2 N–H and O–H groups in total. The van der Waals surface area contributed by atoms with Crippen LogP contribution in [0, 0.1) is 5.82 Å². The van der Waals surface area contributed by atoms with Crippen LogP contribution in [-0.4, -0.2) is 5.60 Å². The van der Waals surface area contributed by atoms with Gasteiger partial charge in [0.15, 0.2) is 0 Å². The van der Waals surface area contributed by atoms with E-state index in [9.17, 15) is 4.39 Å². The highest BCUT2D eigenvalue weighted by Gasteiger charge is 2.27. The van der Waals surface area contributed by atoms with E-state index in [-0.39, 0.29) is 11.7 Å². The number of rotatable bonds is 3. The Hall–Kier alpha value is -0.930. The first-order valence-corrected chi connectivity index (χ1v) is 4.60. The van der Waals surface area contributed by atoms with E-state index in [1.165, 1.54) is 12.1 Å². The van der Waals surface area contributed by atoms with Crippen molar-refractivity contribution in [3.63, 3.8) is 0 Å². The molecule has 0 saturated heterocycles. The Labute approximate surface area is 83.8 Å². The molecule has 1 rings (SSSR count). The van der Waals surface area contributed by atoms with E-state index in [0.717, 1.165) is 5.56 Å². The fourth-order valence-electron chi connectivity index (χ4n) is 1.25. The lowest BCUT2D eigenvalue weighted by atomic mass is 9.86. The second-order valence-corrected chi connectivity index (χ2v) is 3.99. The van der Waals surface area contributed by atoms with Crippen LogP contribution in [0.2, 0.25) is 0 Å². The van der Waals surface area contributed by atoms with Gasteiger partial charge in [-0.2, -0.15) is 0 Å². The molecule has 3 heteroatoms. The van der Waals surface area contributed by atoms with Crippen molar-refractivity contribution in [1.82, 2.24) is 0 Å². The monoisotopic (exact) mass is 197 g/mol. The second kappa shape index (κ2) is 4.07. The average molecular weight is 197 g/mol. The van der Waals surface area contributed by atoms with Crippen LogP contribution in [0.15, 0.2) is 24.3 Å². The van der Waals surface area contributed by atoms with Gasteiger partial charge in [0.25, 0.3) is 0 Å². The number of nitrogens with two attached hydrogens (primary N) is 1. The zero-order valence-corrected chi connectivity index (χ0v) is 8.75. The van der Waals surface area contributed by atoms with E-state index in [1.807, 2.05) is 20.8 Å². The summed E-state index contributed by atoms with van der Waals surface area (Å²) in [4.78, 5) is 4.89. The molecule has 0 aliphatic carbocycles. The normalized spacial score (nSPS) is 14.1. The van der Waals surface area contributed by atoms with Crippen LogP contribution in [0.1, 0.15) is 32.3 Å². The molecule has 1 unspecified atom stereocenters. The van der Waals surface area contributed by atoms with Gasteiger partial charge in [-0.1, -0.05) is 19.1 Å². The molecule has 0 saturated carbocycles. The number of halogens is 1. The van der Waals surface area contributed by atoms with Crippen molar-refractivity contribution in [3.8, 4) is 0 Å². The van der Waals surface area contributed by atoms with Gasteiger partial charge in [0, 0.05) is 5.92 Å². The van der Waals surface area contributed by atoms with Gasteiger partial charge in [0.2, 0.25) is 0 Å². The summed E-state index contributed by atoms with van der Waals surface area (Å²) in [6.45, 7) is 5.81. The first-order valence-electron chi connectivity index (χ1n) is 4.60. The Balaban J connectivity index is 2.89. The van der Waals surface area contributed by atoms with Gasteiger partial charge in [-0.25, -0.2) is 10.3 Å². The maximum Gasteiger partial charge on any atom is 0.123 e. The molecule has 2 nitrogen and oxygen atoms in total. The summed E-state index contributed by atoms with van der Waals surface area (Å²) in [5.74, 6) is 5.09. The van der Waals surface area contributed by atoms with Crippen molar-refractivity contribution >= 4 is 0 Å². The SMILES string of the molecule is CC(c1ccc(F)cc1)C(C)(C)ON. The molecule has 0 aliphatic heterocycles. The largest absolute Gasteiger partial charge is 0.298 e. The molecule has 14 heavy (non-hydrogen) atoms. The molecule has 1 atom stereocenters. The van der Waals surface area contributed by atoms with Crippen LogP contribution in [0.4, 0.5) is 4.39 Å². The lowest BCUT2D eigenvalue weighted by Gasteiger charge is -2.29. The van der Waals surface area contributed by atoms with Gasteiger partial charge >= 0.3 is 0 Å². The molecular weight excluding hydrogens is 181 g/mol. The Morgan fingerprint density at radius 3 is 2.21 bits per heavy atom. The minimum absolute atomic E-state index is 0.119. The highest BCUT2D eigenvalue weighted by Crippen LogP contribution is 2.29. The van der Waals surface area contributed by atoms with Crippen LogP contribution in [0.3, 0.4) is 0 Å². The van der Waals surface area contributed by atoms with E-state index >= 15 is 0 Å². The predicted octanol–water partition coefficient (Wildman–Crippen LogP) is 2.60. The minimum atomic E-state index is -0.447. The third-order valence-electron chi connectivity index (χ3n) is 2.72. The summed E-state index contributed by atoms with van der Waals surface area (Å²) in [6.07, 6.45) is 0. The van der Waals surface area contributed by atoms with Gasteiger partial charge in [0.1, 0.15) is 5.82 Å². The third kappa shape index (κ3) is 2.30. The summed E-state index contributed by atoms with van der Waals surface area (Å²) in [6, 6.07) is 6.39. The van der Waals surface area contributed by atoms with Crippen LogP contribution in [0.5, 0.6) is 0 Å². The standard InChI is InChI=1S/C11H16FNO/c1-8(11(2,3)14-13)9-4-6-10(12)7-5-9/h4-8H,13H2,1-3H3. The topological polar surface area (TPSA) is 35.2 Å². The van der Waals surface area contributed by atoms with E-state index in [1.54, 1.807) is 12.1 Å². The van der Waals surface area contributed by atoms with Crippen molar-refractivity contribution in [3.05, 3.63) is 35.6 Å². The highest BCUT2D eigenvalue weighted by atomic mass is 19.1. The van der Waals surface area contributed by atoms with E-state index in [0.29, 0.717) is 0 Å². The lowest BCUT2D eigenvalue weighted by molar-refractivity contribution is -0.0359. The molecular formula is C11H16FNO. The quantitative estimate of drug-likeness (QED) is 0.756. The predicted molar refractivity (Wildman–Crippen MR) is 54.2 cm³/mol. The van der Waals surface area contributed by atoms with Crippen molar-refractivity contribution < 1.29 is 9.23 Å². The Morgan fingerprint density at radius 1 is 1.29 bits per heavy atom. The molecule has 0 radical (unpaired) electrons. The maximum absolute atomic E-state index is 12.7. The molecule has 0 heterocycles. The number of hydrogen-bond donors (Lipinski definition) is 1. The van der Waals surface area contributed by atoms with Crippen LogP contribution in [0.25, 0.3) is 0 Å². The molecule has 78 valence electrons. The summed E-state index contributed by atoms with van der Waals surface area (Å²) in [5.41, 5.74) is 0.569. The molecule has 0 aromatic heterocycles. The molecule has 1 aromatic carbocycles. The summed E-state index contributed by atoms with van der Waals surface area (Å²) in [7, 11) is 0. The van der Waals surface area contributed by atoms with Crippen LogP contribution >= 0.6 is 0 Å². The number of hydrogen-bond acceptors (Lipinski definition) is 2. The molecule has 0 fully saturated rings. The number of benzene rings is 1. The highest BCUT2D eigenvalue weighted by molar-refractivity contribution is 5.22. The zero-order valence-electron chi connectivity index (χ0n) is 8.75. The summed E-state index contributed by atoms with van der Waals surface area (Å²) in [5, 5.41) is 0. The van der Waals surface area contributed by atoms with Crippen molar-refractivity contribution in [1.29, 1.82) is 0 Å². The van der Waals surface area contributed by atoms with Gasteiger partial charge < -0.3 is 0 Å². The zero-order chi connectivity index (χ0) is 10.8. The lowest BCUT2D eigenvalue weighted by Crippen LogP contribution is -2.34. The Morgan fingerprint density at radius 2 is 1.79 bits per heavy atom. The Kier molecular flexibility index (Phi) is 3.24. The van der Waals surface area contributed by atoms with Crippen molar-refractivity contribution in [2.24, 2.45) is 5.90 Å². The van der Waals surface area contributed by atoms with Gasteiger partial charge in [-0.3, -0.25) is 4.84 Å². The fourth-order valence-corrected chi connectivity index (χ4v) is 1.25. The molecule has 0 aliphatic rings. The van der Waals surface area contributed by atoms with Crippen molar-refractivity contribution in [2.45, 2.75) is 32.3 Å². The Bertz CT molecular complexity index is 295. The first-order chi connectivity index (χ1) is 6.47. The van der Waals surface area contributed by atoms with Gasteiger partial charge in [-0.15, -0.1) is 0 Å². The van der Waals surface area contributed by atoms with Crippen molar-refractivity contribution in [2.75, 3.05) is 0 Å². The van der Waals surface area contributed by atoms with E-state index in [2.05, 4.69) is 0 Å². The minimum Gasteiger partial charge on any atom is -0.298 e. The van der Waals surface area contributed by atoms with Crippen LogP contribution in [-0.2, 0) is 4.84 Å². The fraction of sp³-hybridized carbons (Fsp3) is 0.455. The van der Waals surface area contributed by atoms with E-state index in [4.69, 9.17) is 10.7 Å². The molecule has 0 amide bonds. The molecule has 0 spiro atoms. The average Bonchev–Trinajstić information content (AvgIpc) is 2.18. The smallest absolute Gasteiger partial charge is 0.123 e. The molecule has 0 bridgehead atoms. The van der Waals surface area contributed by atoms with Gasteiger partial charge in [0.05, 0.1) is 5.60 Å². The molecule has 1 aromatic rings. The third-order valence-corrected chi connectivity index (χ3v) is 2.72. The second-order valence-electron chi connectivity index (χ2n) is 3.99. The maximum atomic E-state index is 12.7. The summed E-state index contributed by atoms with van der Waals surface area (Å²) >= 11 is 0. The summed E-state index contributed by atoms with van der Waals surface area (Å²) < 4.78 is 12.7. The van der Waals surface area contributed by atoms with Crippen LogP contribution < -0.4 is 5.90 Å². The van der Waals surface area contributed by atoms with Gasteiger partial charge in [-0.05, 0) is 31.5 Å².